The van der Waals surface area contributed by atoms with Gasteiger partial charge in [-0.25, -0.2) is 13.8 Å². The fraction of sp³-hybridized carbons (Fsp3) is 0.172. The summed E-state index contributed by atoms with van der Waals surface area (Å²) in [4.78, 5) is 43.8. The number of ether oxygens (including phenoxy) is 1. The zero-order valence-corrected chi connectivity index (χ0v) is 25.4. The van der Waals surface area contributed by atoms with E-state index in [2.05, 4.69) is 36.9 Å². The molecule has 0 radical (unpaired) electrons. The highest BCUT2D eigenvalue weighted by Gasteiger charge is 2.19. The van der Waals surface area contributed by atoms with Crippen molar-refractivity contribution in [2.24, 2.45) is 0 Å². The fourth-order valence-corrected chi connectivity index (χ4v) is 5.14. The number of halogens is 4. The summed E-state index contributed by atoms with van der Waals surface area (Å²) in [6, 6.07) is 15.6. The van der Waals surface area contributed by atoms with Crippen molar-refractivity contribution in [3.63, 3.8) is 0 Å². The number of carbonyl (C=O) groups is 3. The Bertz CT molecular complexity index is 1630. The zero-order valence-electron chi connectivity index (χ0n) is 22.3. The number of thiazole rings is 1. The minimum absolute atomic E-state index is 0.0634. The van der Waals surface area contributed by atoms with E-state index in [9.17, 15) is 23.2 Å². The molecule has 1 heterocycles. The number of benzene rings is 3. The molecule has 0 spiro atoms. The highest BCUT2D eigenvalue weighted by molar-refractivity contribution is 9.10. The smallest absolute Gasteiger partial charge is 0.272 e. The molecule has 8 nitrogen and oxygen atoms in total. The number of aryl methyl sites for hydroxylation is 2. The monoisotopic (exact) mass is 676 g/mol. The van der Waals surface area contributed by atoms with Crippen molar-refractivity contribution < 1.29 is 27.9 Å². The molecule has 218 valence electrons. The first-order chi connectivity index (χ1) is 20.0. The van der Waals surface area contributed by atoms with Crippen molar-refractivity contribution in [2.75, 3.05) is 17.2 Å². The molecule has 42 heavy (non-hydrogen) atoms. The average Bonchev–Trinajstić information content (AvgIpc) is 3.30. The van der Waals surface area contributed by atoms with Gasteiger partial charge in [0, 0.05) is 27.3 Å². The summed E-state index contributed by atoms with van der Waals surface area (Å²) in [7, 11) is 0. The number of amides is 3. The molecular weight excluding hydrogens is 654 g/mol. The van der Waals surface area contributed by atoms with Gasteiger partial charge < -0.3 is 20.7 Å². The van der Waals surface area contributed by atoms with Crippen LogP contribution in [0.5, 0.6) is 5.75 Å². The second-order valence-electron chi connectivity index (χ2n) is 8.96. The van der Waals surface area contributed by atoms with Crippen LogP contribution in [-0.4, -0.2) is 35.7 Å². The van der Waals surface area contributed by atoms with Crippen molar-refractivity contribution in [3.8, 4) is 5.75 Å². The molecule has 4 rings (SSSR count). The first kappa shape index (κ1) is 31.1. The van der Waals surface area contributed by atoms with Crippen LogP contribution in [0.4, 0.5) is 20.2 Å². The number of anilines is 2. The maximum absolute atomic E-state index is 13.2. The van der Waals surface area contributed by atoms with Gasteiger partial charge in [-0.2, -0.15) is 0 Å². The highest BCUT2D eigenvalue weighted by atomic mass is 79.9. The largest absolute Gasteiger partial charge is 0.487 e. The number of aromatic nitrogens is 1. The van der Waals surface area contributed by atoms with E-state index in [1.807, 2.05) is 13.8 Å². The van der Waals surface area contributed by atoms with Gasteiger partial charge in [0.25, 0.3) is 24.1 Å². The molecule has 0 saturated heterocycles. The van der Waals surface area contributed by atoms with E-state index in [1.165, 1.54) is 35.6 Å². The Labute approximate surface area is 257 Å². The maximum Gasteiger partial charge on any atom is 0.272 e. The number of nitrogens with zero attached hydrogens (tertiary/aromatic N) is 1. The molecule has 0 aliphatic rings. The highest BCUT2D eigenvalue weighted by Crippen LogP contribution is 2.27. The van der Waals surface area contributed by atoms with Crippen LogP contribution in [0.1, 0.15) is 46.7 Å². The second kappa shape index (κ2) is 13.9. The van der Waals surface area contributed by atoms with Gasteiger partial charge in [-0.05, 0) is 74.0 Å². The van der Waals surface area contributed by atoms with E-state index in [4.69, 9.17) is 16.3 Å². The van der Waals surface area contributed by atoms with Crippen LogP contribution in [0.15, 0.2) is 65.1 Å². The Balaban J connectivity index is 1.51. The molecule has 1 aromatic heterocycles. The quantitative estimate of drug-likeness (QED) is 0.164. The Morgan fingerprint density at radius 3 is 2.26 bits per heavy atom. The zero-order chi connectivity index (χ0) is 30.4. The summed E-state index contributed by atoms with van der Waals surface area (Å²) in [5, 5.41) is 9.10. The van der Waals surface area contributed by atoms with E-state index < -0.39 is 24.8 Å². The number of hydrogen-bond acceptors (Lipinski definition) is 6. The molecule has 0 unspecified atom stereocenters. The summed E-state index contributed by atoms with van der Waals surface area (Å²) in [6.07, 6.45) is -2.75. The summed E-state index contributed by atoms with van der Waals surface area (Å²) in [5.41, 5.74) is 1.70. The molecule has 13 heteroatoms. The normalized spacial score (nSPS) is 10.8. The number of alkyl halides is 2. The van der Waals surface area contributed by atoms with Crippen molar-refractivity contribution in [1.82, 2.24) is 10.3 Å². The molecule has 3 amide bonds. The van der Waals surface area contributed by atoms with Gasteiger partial charge in [0.1, 0.15) is 18.1 Å². The van der Waals surface area contributed by atoms with E-state index in [0.29, 0.717) is 16.9 Å². The topological polar surface area (TPSA) is 109 Å². The molecule has 0 saturated carbocycles. The van der Waals surface area contributed by atoms with Gasteiger partial charge >= 0.3 is 0 Å². The molecule has 0 atom stereocenters. The molecule has 0 bridgehead atoms. The predicted molar refractivity (Wildman–Crippen MR) is 162 cm³/mol. The molecule has 4 aromatic rings. The molecule has 3 N–H and O–H groups in total. The summed E-state index contributed by atoms with van der Waals surface area (Å²) in [5.74, 6) is -1.62. The third-order valence-electron chi connectivity index (χ3n) is 5.80. The Hall–Kier alpha value is -3.87. The number of carbonyl (C=O) groups excluding carboxylic acids is 3. The summed E-state index contributed by atoms with van der Waals surface area (Å²) in [6.45, 7) is 2.85. The van der Waals surface area contributed by atoms with Gasteiger partial charge in [-0.1, -0.05) is 33.6 Å². The minimum atomic E-state index is -2.75. The van der Waals surface area contributed by atoms with Gasteiger partial charge in [0.15, 0.2) is 0 Å². The van der Waals surface area contributed by atoms with Gasteiger partial charge in [0.2, 0.25) is 0 Å². The summed E-state index contributed by atoms with van der Waals surface area (Å²) >= 11 is 11.0. The molecule has 0 aliphatic heterocycles. The van der Waals surface area contributed by atoms with Crippen LogP contribution >= 0.6 is 38.9 Å². The van der Waals surface area contributed by atoms with E-state index in [1.54, 1.807) is 36.4 Å². The molecule has 0 fully saturated rings. The van der Waals surface area contributed by atoms with Gasteiger partial charge in [0.05, 0.1) is 21.2 Å². The van der Waals surface area contributed by atoms with Crippen LogP contribution in [0.25, 0.3) is 0 Å². The van der Waals surface area contributed by atoms with Crippen molar-refractivity contribution in [1.29, 1.82) is 0 Å². The maximum atomic E-state index is 13.2. The van der Waals surface area contributed by atoms with Crippen LogP contribution in [0.2, 0.25) is 5.02 Å². The SMILES string of the molecule is Cc1nc(C(=O)NCc2ccc(Cl)c(C(=O)Nc3ccc(OCC(F)F)c(C(=O)Nc4ccc(Br)cc4)c3)c2)c(C)s1. The molecular formula is C29H24BrClF2N4O4S. The van der Waals surface area contributed by atoms with Crippen LogP contribution in [-0.2, 0) is 6.54 Å². The van der Waals surface area contributed by atoms with Crippen LogP contribution in [0.3, 0.4) is 0 Å². The van der Waals surface area contributed by atoms with Crippen molar-refractivity contribution >= 4 is 68.0 Å². The standard InChI is InChI=1S/C29H24BrClF2N4O4S/c1-15-26(35-16(2)42-15)29(40)34-13-17-3-9-23(31)21(11-17)27(38)37-20-8-10-24(41-14-25(32)33)22(12-20)28(39)36-19-6-4-18(30)5-7-19/h3-12,25H,13-14H2,1-2H3,(H,34,40)(H,36,39)(H,37,38). The van der Waals surface area contributed by atoms with Crippen molar-refractivity contribution in [3.05, 3.63) is 102 Å². The Kier molecular flexibility index (Phi) is 10.3. The summed E-state index contributed by atoms with van der Waals surface area (Å²) < 4.78 is 31.6. The third kappa shape index (κ3) is 8.11. The predicted octanol–water partition coefficient (Wildman–Crippen LogP) is 7.25. The van der Waals surface area contributed by atoms with Gasteiger partial charge in [-0.3, -0.25) is 14.4 Å². The second-order valence-corrected chi connectivity index (χ2v) is 11.7. The lowest BCUT2D eigenvalue weighted by atomic mass is 10.1. The van der Waals surface area contributed by atoms with E-state index >= 15 is 0 Å². The minimum Gasteiger partial charge on any atom is -0.487 e. The molecule has 3 aromatic carbocycles. The number of nitrogens with one attached hydrogen (secondary N) is 3. The lowest BCUT2D eigenvalue weighted by Gasteiger charge is -2.14. The fourth-order valence-electron chi connectivity index (χ4n) is 3.86. The van der Waals surface area contributed by atoms with Crippen LogP contribution < -0.4 is 20.7 Å². The average molecular weight is 678 g/mol. The van der Waals surface area contributed by atoms with E-state index in [-0.39, 0.29) is 40.0 Å². The Morgan fingerprint density at radius 2 is 1.60 bits per heavy atom. The lowest BCUT2D eigenvalue weighted by molar-refractivity contribution is 0.0803. The first-order valence-electron chi connectivity index (χ1n) is 12.4. The van der Waals surface area contributed by atoms with Gasteiger partial charge in [-0.15, -0.1) is 11.3 Å². The lowest BCUT2D eigenvalue weighted by Crippen LogP contribution is -2.24. The Morgan fingerprint density at radius 1 is 0.929 bits per heavy atom. The van der Waals surface area contributed by atoms with Crippen molar-refractivity contribution in [2.45, 2.75) is 26.8 Å². The van der Waals surface area contributed by atoms with Crippen LogP contribution in [0, 0.1) is 13.8 Å². The van der Waals surface area contributed by atoms with E-state index in [0.717, 1.165) is 14.4 Å². The number of hydrogen-bond donors (Lipinski definition) is 3. The first-order valence-corrected chi connectivity index (χ1v) is 14.4. The molecule has 0 aliphatic carbocycles. The number of rotatable bonds is 10. The third-order valence-corrected chi connectivity index (χ3v) is 7.54.